The lowest BCUT2D eigenvalue weighted by Crippen LogP contribution is -2.43. The van der Waals surface area contributed by atoms with E-state index in [1.54, 1.807) is 7.11 Å². The molecule has 3 heteroatoms. The molecule has 2 unspecified atom stereocenters. The van der Waals surface area contributed by atoms with Gasteiger partial charge in [0.05, 0.1) is 13.2 Å². The van der Waals surface area contributed by atoms with Crippen molar-refractivity contribution >= 4 is 10.8 Å². The molecule has 1 heterocycles. The minimum Gasteiger partial charge on any atom is -0.496 e. The first-order chi connectivity index (χ1) is 10.8. The maximum Gasteiger partial charge on any atom is 0.124 e. The summed E-state index contributed by atoms with van der Waals surface area (Å²) >= 11 is 0. The maximum atomic E-state index is 6.22. The second-order valence-electron chi connectivity index (χ2n) is 6.24. The minimum atomic E-state index is 0.219. The molecule has 1 aliphatic rings. The number of hydrogen-bond acceptors (Lipinski definition) is 3. The number of ether oxygens (including phenoxy) is 1. The molecule has 2 N–H and O–H groups in total. The lowest BCUT2D eigenvalue weighted by molar-refractivity contribution is 0.108. The Balaban J connectivity index is 2.12. The first kappa shape index (κ1) is 15.3. The van der Waals surface area contributed by atoms with Crippen LogP contribution in [-0.4, -0.2) is 31.1 Å². The van der Waals surface area contributed by atoms with Crippen molar-refractivity contribution < 1.29 is 4.74 Å². The van der Waals surface area contributed by atoms with Gasteiger partial charge in [0, 0.05) is 18.2 Å². The molecule has 3 nitrogen and oxygen atoms in total. The number of methoxy groups -OCH3 is 1. The molecule has 118 valence electrons. The summed E-state index contributed by atoms with van der Waals surface area (Å²) in [6, 6.07) is 13.5. The summed E-state index contributed by atoms with van der Waals surface area (Å²) in [5.41, 5.74) is 7.46. The predicted octanol–water partition coefficient (Wildman–Crippen LogP) is 3.72. The van der Waals surface area contributed by atoms with Crippen LogP contribution in [0.25, 0.3) is 10.8 Å². The molecule has 0 bridgehead atoms. The Bertz CT molecular complexity index is 640. The van der Waals surface area contributed by atoms with Gasteiger partial charge in [0.2, 0.25) is 0 Å². The summed E-state index contributed by atoms with van der Waals surface area (Å²) in [6.07, 6.45) is 3.83. The molecule has 1 aliphatic heterocycles. The SMILES string of the molecule is COc1ccc2ccccc2c1C(CN)N1CCCCC1C. The van der Waals surface area contributed by atoms with E-state index < -0.39 is 0 Å². The van der Waals surface area contributed by atoms with Crippen LogP contribution in [0.2, 0.25) is 0 Å². The van der Waals surface area contributed by atoms with Crippen LogP contribution < -0.4 is 10.5 Å². The second-order valence-corrected chi connectivity index (χ2v) is 6.24. The van der Waals surface area contributed by atoms with E-state index in [9.17, 15) is 0 Å². The van der Waals surface area contributed by atoms with Crippen molar-refractivity contribution in [3.63, 3.8) is 0 Å². The summed E-state index contributed by atoms with van der Waals surface area (Å²) in [4.78, 5) is 2.56. The number of hydrogen-bond donors (Lipinski definition) is 1. The third-order valence-electron chi connectivity index (χ3n) is 4.96. The highest BCUT2D eigenvalue weighted by Gasteiger charge is 2.29. The normalized spacial score (nSPS) is 21.0. The number of nitrogens with two attached hydrogens (primary N) is 1. The van der Waals surface area contributed by atoms with E-state index in [0.29, 0.717) is 12.6 Å². The Kier molecular flexibility index (Phi) is 4.65. The number of nitrogens with zero attached hydrogens (tertiary/aromatic N) is 1. The van der Waals surface area contributed by atoms with Crippen molar-refractivity contribution in [3.8, 4) is 5.75 Å². The Morgan fingerprint density at radius 1 is 1.23 bits per heavy atom. The van der Waals surface area contributed by atoms with Gasteiger partial charge >= 0.3 is 0 Å². The smallest absolute Gasteiger partial charge is 0.124 e. The van der Waals surface area contributed by atoms with E-state index in [2.05, 4.69) is 48.2 Å². The number of piperidine rings is 1. The molecule has 2 atom stereocenters. The molecule has 0 amide bonds. The fourth-order valence-electron chi connectivity index (χ4n) is 3.80. The predicted molar refractivity (Wildman–Crippen MR) is 92.3 cm³/mol. The van der Waals surface area contributed by atoms with E-state index in [0.717, 1.165) is 12.3 Å². The molecular formula is C19H26N2O. The van der Waals surface area contributed by atoms with Gasteiger partial charge in [-0.1, -0.05) is 36.8 Å². The zero-order valence-electron chi connectivity index (χ0n) is 13.6. The average molecular weight is 298 g/mol. The van der Waals surface area contributed by atoms with Crippen LogP contribution in [0.15, 0.2) is 36.4 Å². The lowest BCUT2D eigenvalue weighted by Gasteiger charge is -2.40. The molecule has 0 radical (unpaired) electrons. The zero-order chi connectivity index (χ0) is 15.5. The van der Waals surface area contributed by atoms with Gasteiger partial charge in [-0.2, -0.15) is 0 Å². The molecule has 0 spiro atoms. The quantitative estimate of drug-likeness (QED) is 0.935. The van der Waals surface area contributed by atoms with Gasteiger partial charge in [-0.25, -0.2) is 0 Å². The van der Waals surface area contributed by atoms with Gasteiger partial charge in [0.15, 0.2) is 0 Å². The summed E-state index contributed by atoms with van der Waals surface area (Å²) < 4.78 is 5.68. The molecule has 0 saturated carbocycles. The number of likely N-dealkylation sites (tertiary alicyclic amines) is 1. The monoisotopic (exact) mass is 298 g/mol. The highest BCUT2D eigenvalue weighted by molar-refractivity contribution is 5.88. The Morgan fingerprint density at radius 3 is 2.77 bits per heavy atom. The lowest BCUT2D eigenvalue weighted by atomic mass is 9.93. The van der Waals surface area contributed by atoms with Crippen molar-refractivity contribution in [2.24, 2.45) is 5.73 Å². The third-order valence-corrected chi connectivity index (χ3v) is 4.96. The Labute approximate surface area is 133 Å². The van der Waals surface area contributed by atoms with Crippen LogP contribution in [0.4, 0.5) is 0 Å². The molecular weight excluding hydrogens is 272 g/mol. The van der Waals surface area contributed by atoms with Crippen molar-refractivity contribution in [1.29, 1.82) is 0 Å². The van der Waals surface area contributed by atoms with Crippen molar-refractivity contribution in [2.75, 3.05) is 20.2 Å². The van der Waals surface area contributed by atoms with E-state index in [4.69, 9.17) is 10.5 Å². The standard InChI is InChI=1S/C19H26N2O/c1-14-7-5-6-12-21(14)17(13-20)19-16-9-4-3-8-15(16)10-11-18(19)22-2/h3-4,8-11,14,17H,5-7,12-13,20H2,1-2H3. The van der Waals surface area contributed by atoms with Crippen LogP contribution in [0.1, 0.15) is 37.8 Å². The van der Waals surface area contributed by atoms with Crippen molar-refractivity contribution in [2.45, 2.75) is 38.3 Å². The summed E-state index contributed by atoms with van der Waals surface area (Å²) in [6.45, 7) is 4.06. The van der Waals surface area contributed by atoms with E-state index in [1.807, 2.05) is 0 Å². The average Bonchev–Trinajstić information content (AvgIpc) is 2.57. The largest absolute Gasteiger partial charge is 0.496 e. The molecule has 0 aromatic heterocycles. The minimum absolute atomic E-state index is 0.219. The van der Waals surface area contributed by atoms with Gasteiger partial charge in [0.25, 0.3) is 0 Å². The molecule has 1 fully saturated rings. The van der Waals surface area contributed by atoms with Gasteiger partial charge in [-0.15, -0.1) is 0 Å². The van der Waals surface area contributed by atoms with Gasteiger partial charge in [-0.05, 0) is 43.1 Å². The van der Waals surface area contributed by atoms with Crippen LogP contribution in [0.3, 0.4) is 0 Å². The van der Waals surface area contributed by atoms with E-state index in [1.165, 1.54) is 35.6 Å². The molecule has 0 aliphatic carbocycles. The Hall–Kier alpha value is -1.58. The fraction of sp³-hybridized carbons (Fsp3) is 0.474. The Morgan fingerprint density at radius 2 is 2.05 bits per heavy atom. The summed E-state index contributed by atoms with van der Waals surface area (Å²) in [7, 11) is 1.75. The van der Waals surface area contributed by atoms with Crippen molar-refractivity contribution in [3.05, 3.63) is 42.0 Å². The van der Waals surface area contributed by atoms with Gasteiger partial charge < -0.3 is 10.5 Å². The van der Waals surface area contributed by atoms with Crippen molar-refractivity contribution in [1.82, 2.24) is 4.90 Å². The second kappa shape index (κ2) is 6.67. The fourth-order valence-corrected chi connectivity index (χ4v) is 3.80. The topological polar surface area (TPSA) is 38.5 Å². The van der Waals surface area contributed by atoms with Gasteiger partial charge in [0.1, 0.15) is 5.75 Å². The highest BCUT2D eigenvalue weighted by Crippen LogP contribution is 2.37. The van der Waals surface area contributed by atoms with E-state index >= 15 is 0 Å². The van der Waals surface area contributed by atoms with Crippen LogP contribution in [0.5, 0.6) is 5.75 Å². The molecule has 3 rings (SSSR count). The first-order valence-electron chi connectivity index (χ1n) is 8.27. The third kappa shape index (κ3) is 2.71. The van der Waals surface area contributed by atoms with Crippen LogP contribution in [0, 0.1) is 0 Å². The summed E-state index contributed by atoms with van der Waals surface area (Å²) in [5.74, 6) is 0.951. The van der Waals surface area contributed by atoms with Crippen LogP contribution in [-0.2, 0) is 0 Å². The zero-order valence-corrected chi connectivity index (χ0v) is 13.6. The van der Waals surface area contributed by atoms with Crippen LogP contribution >= 0.6 is 0 Å². The number of benzene rings is 2. The first-order valence-corrected chi connectivity index (χ1v) is 8.27. The molecule has 2 aromatic rings. The maximum absolute atomic E-state index is 6.22. The summed E-state index contributed by atoms with van der Waals surface area (Å²) in [5, 5.41) is 2.51. The molecule has 2 aromatic carbocycles. The highest BCUT2D eigenvalue weighted by atomic mass is 16.5. The number of rotatable bonds is 4. The molecule has 22 heavy (non-hydrogen) atoms. The van der Waals surface area contributed by atoms with E-state index in [-0.39, 0.29) is 6.04 Å². The number of fused-ring (bicyclic) bond motifs is 1. The van der Waals surface area contributed by atoms with Gasteiger partial charge in [-0.3, -0.25) is 4.90 Å². The molecule has 1 saturated heterocycles.